The van der Waals surface area contributed by atoms with Gasteiger partial charge in [-0.2, -0.15) is 0 Å². The second-order valence-electron chi connectivity index (χ2n) is 7.96. The summed E-state index contributed by atoms with van der Waals surface area (Å²) in [6.07, 6.45) is 3.00. The van der Waals surface area contributed by atoms with Crippen LogP contribution in [-0.4, -0.2) is 48.2 Å². The van der Waals surface area contributed by atoms with Crippen molar-refractivity contribution in [3.8, 4) is 5.75 Å². The SMILES string of the molecule is CCN1CCC[C@H]1CNC(=O)c1c(C)n(CCc2ccccc2OC)c(C)cc1=O. The zero-order valence-electron chi connectivity index (χ0n) is 18.5. The number of hydrogen-bond donors (Lipinski definition) is 1. The van der Waals surface area contributed by atoms with Gasteiger partial charge in [0.1, 0.15) is 11.3 Å². The summed E-state index contributed by atoms with van der Waals surface area (Å²) >= 11 is 0. The van der Waals surface area contributed by atoms with E-state index in [0.29, 0.717) is 24.8 Å². The van der Waals surface area contributed by atoms with Gasteiger partial charge in [0, 0.05) is 36.6 Å². The molecule has 1 aliphatic rings. The normalized spacial score (nSPS) is 16.6. The number of para-hydroxylation sites is 1. The van der Waals surface area contributed by atoms with E-state index in [1.54, 1.807) is 13.2 Å². The number of hydrogen-bond acceptors (Lipinski definition) is 4. The average molecular weight is 412 g/mol. The van der Waals surface area contributed by atoms with Crippen LogP contribution in [0.25, 0.3) is 0 Å². The van der Waals surface area contributed by atoms with E-state index in [4.69, 9.17) is 4.74 Å². The maximum atomic E-state index is 12.9. The lowest BCUT2D eigenvalue weighted by molar-refractivity contribution is 0.0938. The number of ether oxygens (including phenoxy) is 1. The van der Waals surface area contributed by atoms with Crippen molar-refractivity contribution in [2.45, 2.75) is 52.6 Å². The number of nitrogens with one attached hydrogen (secondary N) is 1. The lowest BCUT2D eigenvalue weighted by Crippen LogP contribution is -2.41. The van der Waals surface area contributed by atoms with E-state index in [9.17, 15) is 9.59 Å². The number of carbonyl (C=O) groups is 1. The van der Waals surface area contributed by atoms with Crippen molar-refractivity contribution in [2.75, 3.05) is 26.7 Å². The van der Waals surface area contributed by atoms with Crippen LogP contribution in [0.15, 0.2) is 35.1 Å². The molecular weight excluding hydrogens is 378 g/mol. The number of carbonyl (C=O) groups excluding carboxylic acids is 1. The van der Waals surface area contributed by atoms with Crippen LogP contribution >= 0.6 is 0 Å². The molecule has 30 heavy (non-hydrogen) atoms. The standard InChI is InChI=1S/C24H33N3O3/c1-5-26-13-8-10-20(26)16-25-24(29)23-18(3)27(17(2)15-21(23)28)14-12-19-9-6-7-11-22(19)30-4/h6-7,9,11,15,20H,5,8,10,12-14,16H2,1-4H3,(H,25,29)/t20-/m0/s1. The molecule has 1 aliphatic heterocycles. The summed E-state index contributed by atoms with van der Waals surface area (Å²) in [6.45, 7) is 9.24. The molecule has 1 aromatic heterocycles. The largest absolute Gasteiger partial charge is 0.496 e. The highest BCUT2D eigenvalue weighted by molar-refractivity contribution is 5.95. The van der Waals surface area contributed by atoms with E-state index in [-0.39, 0.29) is 16.9 Å². The van der Waals surface area contributed by atoms with Crippen molar-refractivity contribution in [1.29, 1.82) is 0 Å². The van der Waals surface area contributed by atoms with Crippen molar-refractivity contribution >= 4 is 5.91 Å². The second kappa shape index (κ2) is 9.94. The Bertz CT molecular complexity index is 951. The Morgan fingerprint density at radius 3 is 2.77 bits per heavy atom. The summed E-state index contributed by atoms with van der Waals surface area (Å²) in [7, 11) is 1.67. The molecule has 1 N–H and O–H groups in total. The topological polar surface area (TPSA) is 63.6 Å². The van der Waals surface area contributed by atoms with Crippen LogP contribution in [-0.2, 0) is 13.0 Å². The third-order valence-corrected chi connectivity index (χ3v) is 6.21. The highest BCUT2D eigenvalue weighted by atomic mass is 16.5. The van der Waals surface area contributed by atoms with Crippen molar-refractivity contribution < 1.29 is 9.53 Å². The molecule has 1 saturated heterocycles. The van der Waals surface area contributed by atoms with Gasteiger partial charge < -0.3 is 14.6 Å². The molecule has 2 heterocycles. The Kier molecular flexibility index (Phi) is 7.32. The number of amides is 1. The predicted octanol–water partition coefficient (Wildman–Crippen LogP) is 2.93. The van der Waals surface area contributed by atoms with E-state index in [0.717, 1.165) is 49.4 Å². The summed E-state index contributed by atoms with van der Waals surface area (Å²) in [5, 5.41) is 3.01. The van der Waals surface area contributed by atoms with Crippen molar-refractivity contribution in [3.05, 3.63) is 63.1 Å². The van der Waals surface area contributed by atoms with Crippen LogP contribution < -0.4 is 15.5 Å². The number of benzene rings is 1. The summed E-state index contributed by atoms with van der Waals surface area (Å²) < 4.78 is 7.50. The molecule has 0 saturated carbocycles. The number of aryl methyl sites for hydroxylation is 2. The minimum Gasteiger partial charge on any atom is -0.496 e. The molecule has 0 aliphatic carbocycles. The van der Waals surface area contributed by atoms with Gasteiger partial charge in [-0.1, -0.05) is 25.1 Å². The highest BCUT2D eigenvalue weighted by Gasteiger charge is 2.24. The first kappa shape index (κ1) is 22.1. The smallest absolute Gasteiger partial charge is 0.257 e. The van der Waals surface area contributed by atoms with Crippen LogP contribution in [0, 0.1) is 13.8 Å². The third-order valence-electron chi connectivity index (χ3n) is 6.21. The lowest BCUT2D eigenvalue weighted by Gasteiger charge is -2.23. The van der Waals surface area contributed by atoms with Gasteiger partial charge in [0.15, 0.2) is 5.43 Å². The lowest BCUT2D eigenvalue weighted by atomic mass is 10.1. The Hall–Kier alpha value is -2.60. The molecule has 1 atom stereocenters. The Labute approximate surface area is 178 Å². The quantitative estimate of drug-likeness (QED) is 0.726. The van der Waals surface area contributed by atoms with Crippen LogP contribution in [0.5, 0.6) is 5.75 Å². The molecule has 0 unspecified atom stereocenters. The Balaban J connectivity index is 1.77. The maximum absolute atomic E-state index is 12.9. The van der Waals surface area contributed by atoms with Crippen LogP contribution in [0.3, 0.4) is 0 Å². The number of nitrogens with zero attached hydrogens (tertiary/aromatic N) is 2. The van der Waals surface area contributed by atoms with Crippen molar-refractivity contribution in [1.82, 2.24) is 14.8 Å². The highest BCUT2D eigenvalue weighted by Crippen LogP contribution is 2.20. The van der Waals surface area contributed by atoms with Gasteiger partial charge in [-0.25, -0.2) is 0 Å². The minimum atomic E-state index is -0.272. The number of pyridine rings is 1. The first-order valence-electron chi connectivity index (χ1n) is 10.8. The third kappa shape index (κ3) is 4.75. The molecule has 6 heteroatoms. The minimum absolute atomic E-state index is 0.213. The van der Waals surface area contributed by atoms with Crippen LogP contribution in [0.1, 0.15) is 47.1 Å². The molecular formula is C24H33N3O3. The zero-order chi connectivity index (χ0) is 21.7. The summed E-state index contributed by atoms with van der Waals surface area (Å²) in [5.74, 6) is 0.579. The molecule has 3 rings (SSSR count). The van der Waals surface area contributed by atoms with Crippen molar-refractivity contribution in [3.63, 3.8) is 0 Å². The van der Waals surface area contributed by atoms with Gasteiger partial charge in [-0.05, 0) is 57.8 Å². The Morgan fingerprint density at radius 1 is 1.27 bits per heavy atom. The number of likely N-dealkylation sites (N-methyl/N-ethyl adjacent to an activating group) is 1. The van der Waals surface area contributed by atoms with E-state index in [1.165, 1.54) is 0 Å². The van der Waals surface area contributed by atoms with Gasteiger partial charge in [-0.15, -0.1) is 0 Å². The second-order valence-corrected chi connectivity index (χ2v) is 7.96. The summed E-state index contributed by atoms with van der Waals surface area (Å²) in [6, 6.07) is 9.85. The fourth-order valence-corrected chi connectivity index (χ4v) is 4.52. The van der Waals surface area contributed by atoms with E-state index in [1.807, 2.05) is 38.1 Å². The molecule has 1 amide bonds. The van der Waals surface area contributed by atoms with Gasteiger partial charge in [0.25, 0.3) is 5.91 Å². The first-order valence-corrected chi connectivity index (χ1v) is 10.8. The summed E-state index contributed by atoms with van der Waals surface area (Å²) in [4.78, 5) is 27.9. The summed E-state index contributed by atoms with van der Waals surface area (Å²) in [5.41, 5.74) is 2.71. The van der Waals surface area contributed by atoms with E-state index < -0.39 is 0 Å². The molecule has 6 nitrogen and oxygen atoms in total. The molecule has 1 aromatic carbocycles. The number of likely N-dealkylation sites (tertiary alicyclic amines) is 1. The number of rotatable bonds is 8. The fraction of sp³-hybridized carbons (Fsp3) is 0.500. The number of methoxy groups -OCH3 is 1. The van der Waals surface area contributed by atoms with Gasteiger partial charge in [-0.3, -0.25) is 14.5 Å². The molecule has 0 radical (unpaired) electrons. The average Bonchev–Trinajstić information content (AvgIpc) is 3.19. The molecule has 162 valence electrons. The van der Waals surface area contributed by atoms with Crippen LogP contribution in [0.4, 0.5) is 0 Å². The van der Waals surface area contributed by atoms with Gasteiger partial charge >= 0.3 is 0 Å². The molecule has 0 spiro atoms. The predicted molar refractivity (Wildman–Crippen MR) is 119 cm³/mol. The number of aromatic nitrogens is 1. The van der Waals surface area contributed by atoms with E-state index >= 15 is 0 Å². The first-order chi connectivity index (χ1) is 14.5. The van der Waals surface area contributed by atoms with Gasteiger partial charge in [0.2, 0.25) is 0 Å². The van der Waals surface area contributed by atoms with Crippen molar-refractivity contribution in [2.24, 2.45) is 0 Å². The zero-order valence-corrected chi connectivity index (χ0v) is 18.5. The monoisotopic (exact) mass is 411 g/mol. The molecule has 1 fully saturated rings. The molecule has 2 aromatic rings. The molecule has 0 bridgehead atoms. The van der Waals surface area contributed by atoms with Gasteiger partial charge in [0.05, 0.1) is 7.11 Å². The Morgan fingerprint density at radius 2 is 2.03 bits per heavy atom. The van der Waals surface area contributed by atoms with Crippen LogP contribution in [0.2, 0.25) is 0 Å². The maximum Gasteiger partial charge on any atom is 0.257 e. The van der Waals surface area contributed by atoms with E-state index in [2.05, 4.69) is 21.7 Å². The fourth-order valence-electron chi connectivity index (χ4n) is 4.52.